The van der Waals surface area contributed by atoms with Gasteiger partial charge in [-0.3, -0.25) is 4.79 Å². The summed E-state index contributed by atoms with van der Waals surface area (Å²) < 4.78 is 0. The number of amides is 1. The van der Waals surface area contributed by atoms with Gasteiger partial charge in [-0.1, -0.05) is 12.1 Å². The molecule has 0 radical (unpaired) electrons. The smallest absolute Gasteiger partial charge is 0.224 e. The Kier molecular flexibility index (Phi) is 4.16. The van der Waals surface area contributed by atoms with E-state index in [1.807, 2.05) is 6.07 Å². The Morgan fingerprint density at radius 3 is 2.95 bits per heavy atom. The van der Waals surface area contributed by atoms with Crippen LogP contribution in [0.1, 0.15) is 35.3 Å². The van der Waals surface area contributed by atoms with Gasteiger partial charge in [-0.2, -0.15) is 0 Å². The third-order valence-electron chi connectivity index (χ3n) is 3.79. The zero-order chi connectivity index (χ0) is 13.8. The molecule has 3 heteroatoms. The van der Waals surface area contributed by atoms with Crippen molar-refractivity contribution in [1.82, 2.24) is 0 Å². The van der Waals surface area contributed by atoms with Crippen molar-refractivity contribution in [3.8, 4) is 0 Å². The summed E-state index contributed by atoms with van der Waals surface area (Å²) in [6, 6.07) is 10.5. The number of nitrogens with one attached hydrogen (secondary N) is 1. The fourth-order valence-corrected chi connectivity index (χ4v) is 3.50. The second-order valence-corrected chi connectivity index (χ2v) is 6.35. The highest BCUT2D eigenvalue weighted by Gasteiger charge is 2.11. The van der Waals surface area contributed by atoms with E-state index in [1.165, 1.54) is 28.8 Å². The molecule has 0 saturated carbocycles. The van der Waals surface area contributed by atoms with E-state index in [0.717, 1.165) is 24.9 Å². The molecule has 1 aliphatic carbocycles. The van der Waals surface area contributed by atoms with Crippen LogP contribution in [-0.4, -0.2) is 5.91 Å². The highest BCUT2D eigenvalue weighted by atomic mass is 32.1. The fraction of sp³-hybridized carbons (Fsp3) is 0.353. The maximum absolute atomic E-state index is 11.9. The van der Waals surface area contributed by atoms with Crippen LogP contribution in [0, 0.1) is 0 Å². The van der Waals surface area contributed by atoms with Crippen LogP contribution in [0.15, 0.2) is 35.7 Å². The van der Waals surface area contributed by atoms with Crippen LogP contribution < -0.4 is 5.32 Å². The molecule has 2 nitrogen and oxygen atoms in total. The summed E-state index contributed by atoms with van der Waals surface area (Å²) in [7, 11) is 0. The van der Waals surface area contributed by atoms with Crippen LogP contribution >= 0.6 is 11.3 Å². The van der Waals surface area contributed by atoms with E-state index in [1.54, 1.807) is 11.3 Å². The highest BCUT2D eigenvalue weighted by molar-refractivity contribution is 7.09. The second-order valence-electron chi connectivity index (χ2n) is 5.32. The Morgan fingerprint density at radius 2 is 2.10 bits per heavy atom. The van der Waals surface area contributed by atoms with Crippen molar-refractivity contribution < 1.29 is 4.79 Å². The summed E-state index contributed by atoms with van der Waals surface area (Å²) in [5.41, 5.74) is 3.80. The molecule has 0 fully saturated rings. The first-order valence-corrected chi connectivity index (χ1v) is 8.13. The summed E-state index contributed by atoms with van der Waals surface area (Å²) in [5.74, 6) is 0.125. The van der Waals surface area contributed by atoms with E-state index in [4.69, 9.17) is 0 Å². The van der Waals surface area contributed by atoms with Gasteiger partial charge in [0.15, 0.2) is 0 Å². The molecule has 0 bridgehead atoms. The molecule has 1 aliphatic rings. The van der Waals surface area contributed by atoms with E-state index < -0.39 is 0 Å². The first-order chi connectivity index (χ1) is 9.81. The van der Waals surface area contributed by atoms with E-state index in [2.05, 4.69) is 35.0 Å². The minimum absolute atomic E-state index is 0.125. The van der Waals surface area contributed by atoms with Crippen molar-refractivity contribution >= 4 is 22.9 Å². The van der Waals surface area contributed by atoms with Crippen molar-refractivity contribution in [1.29, 1.82) is 0 Å². The minimum atomic E-state index is 0.125. The molecule has 3 rings (SSSR count). The zero-order valence-electron chi connectivity index (χ0n) is 11.5. The van der Waals surface area contributed by atoms with Crippen molar-refractivity contribution in [3.05, 3.63) is 51.7 Å². The lowest BCUT2D eigenvalue weighted by molar-refractivity contribution is -0.116. The summed E-state index contributed by atoms with van der Waals surface area (Å²) in [5, 5.41) is 5.10. The van der Waals surface area contributed by atoms with Gasteiger partial charge in [0.2, 0.25) is 5.91 Å². The van der Waals surface area contributed by atoms with Crippen LogP contribution in [-0.2, 0) is 24.1 Å². The molecule has 0 atom stereocenters. The molecular weight excluding hydrogens is 266 g/mol. The van der Waals surface area contributed by atoms with Gasteiger partial charge < -0.3 is 5.32 Å². The number of carbonyl (C=O) groups excluding carboxylic acids is 1. The van der Waals surface area contributed by atoms with Gasteiger partial charge in [-0.25, -0.2) is 0 Å². The average Bonchev–Trinajstić information content (AvgIpc) is 3.08. The lowest BCUT2D eigenvalue weighted by Crippen LogP contribution is -2.11. The predicted octanol–water partition coefficient (Wildman–Crippen LogP) is 4.20. The molecule has 0 aliphatic heterocycles. The minimum Gasteiger partial charge on any atom is -0.326 e. The number of thiophene rings is 1. The Labute approximate surface area is 123 Å². The molecule has 20 heavy (non-hydrogen) atoms. The van der Waals surface area contributed by atoms with Gasteiger partial charge in [-0.05, 0) is 66.8 Å². The van der Waals surface area contributed by atoms with Crippen molar-refractivity contribution in [3.63, 3.8) is 0 Å². The molecule has 2 aromatic rings. The second kappa shape index (κ2) is 6.23. The third kappa shape index (κ3) is 3.28. The lowest BCUT2D eigenvalue weighted by Gasteiger charge is -2.07. The fourth-order valence-electron chi connectivity index (χ4n) is 2.75. The van der Waals surface area contributed by atoms with Crippen LogP contribution in [0.2, 0.25) is 0 Å². The molecule has 104 valence electrons. The van der Waals surface area contributed by atoms with E-state index in [9.17, 15) is 4.79 Å². The molecule has 1 amide bonds. The van der Waals surface area contributed by atoms with Gasteiger partial charge in [-0.15, -0.1) is 11.3 Å². The zero-order valence-corrected chi connectivity index (χ0v) is 12.3. The third-order valence-corrected chi connectivity index (χ3v) is 4.73. The van der Waals surface area contributed by atoms with Crippen LogP contribution in [0.25, 0.3) is 0 Å². The number of anilines is 1. The monoisotopic (exact) mass is 285 g/mol. The Bertz CT molecular complexity index is 589. The molecule has 0 saturated heterocycles. The number of hydrogen-bond acceptors (Lipinski definition) is 2. The van der Waals surface area contributed by atoms with Gasteiger partial charge in [0.25, 0.3) is 0 Å². The van der Waals surface area contributed by atoms with Crippen LogP contribution in [0.3, 0.4) is 0 Å². The summed E-state index contributed by atoms with van der Waals surface area (Å²) in [6.45, 7) is 0. The van der Waals surface area contributed by atoms with E-state index in [-0.39, 0.29) is 5.91 Å². The molecular formula is C17H19NOS. The number of rotatable bonds is 5. The topological polar surface area (TPSA) is 29.1 Å². The molecule has 0 unspecified atom stereocenters. The van der Waals surface area contributed by atoms with Crippen molar-refractivity contribution in [2.75, 3.05) is 5.32 Å². The first kappa shape index (κ1) is 13.4. The normalized spacial score (nSPS) is 13.2. The van der Waals surface area contributed by atoms with Gasteiger partial charge in [0.05, 0.1) is 0 Å². The number of aryl methyl sites for hydroxylation is 3. The Balaban J connectivity index is 1.49. The molecule has 1 aromatic carbocycles. The summed E-state index contributed by atoms with van der Waals surface area (Å²) in [6.07, 6.45) is 6.08. The first-order valence-electron chi connectivity index (χ1n) is 7.25. The van der Waals surface area contributed by atoms with Gasteiger partial charge in [0.1, 0.15) is 0 Å². The van der Waals surface area contributed by atoms with Gasteiger partial charge in [0, 0.05) is 17.0 Å². The van der Waals surface area contributed by atoms with Crippen molar-refractivity contribution in [2.24, 2.45) is 0 Å². The van der Waals surface area contributed by atoms with Crippen LogP contribution in [0.5, 0.6) is 0 Å². The number of fused-ring (bicyclic) bond motifs is 1. The number of carbonyl (C=O) groups is 1. The van der Waals surface area contributed by atoms with Crippen molar-refractivity contribution in [2.45, 2.75) is 38.5 Å². The molecule has 1 heterocycles. The number of benzene rings is 1. The van der Waals surface area contributed by atoms with E-state index in [0.29, 0.717) is 6.42 Å². The molecule has 1 aromatic heterocycles. The van der Waals surface area contributed by atoms with E-state index >= 15 is 0 Å². The predicted molar refractivity (Wildman–Crippen MR) is 84.4 cm³/mol. The highest BCUT2D eigenvalue weighted by Crippen LogP contribution is 2.25. The lowest BCUT2D eigenvalue weighted by atomic mass is 10.1. The Hall–Kier alpha value is -1.61. The largest absolute Gasteiger partial charge is 0.326 e. The molecule has 0 spiro atoms. The van der Waals surface area contributed by atoms with Gasteiger partial charge >= 0.3 is 0 Å². The summed E-state index contributed by atoms with van der Waals surface area (Å²) >= 11 is 1.76. The molecule has 1 N–H and O–H groups in total. The average molecular weight is 285 g/mol. The maximum atomic E-state index is 11.9. The SMILES string of the molecule is O=C(CCCc1cccs1)Nc1ccc2c(c1)CCC2. The Morgan fingerprint density at radius 1 is 1.20 bits per heavy atom. The summed E-state index contributed by atoms with van der Waals surface area (Å²) in [4.78, 5) is 13.3. The standard InChI is InChI=1S/C17H19NOS/c19-17(8-2-6-16-7-3-11-20-16)18-15-10-9-13-4-1-5-14(13)12-15/h3,7,9-12H,1-2,4-6,8H2,(H,18,19). The quantitative estimate of drug-likeness (QED) is 0.876. The number of hydrogen-bond donors (Lipinski definition) is 1. The maximum Gasteiger partial charge on any atom is 0.224 e. The van der Waals surface area contributed by atoms with Crippen LogP contribution in [0.4, 0.5) is 5.69 Å².